The van der Waals surface area contributed by atoms with Gasteiger partial charge in [-0.25, -0.2) is 8.78 Å². The number of fused-ring (bicyclic) bond motifs is 2. The zero-order valence-corrected chi connectivity index (χ0v) is 11.5. The Morgan fingerprint density at radius 1 is 1.20 bits per heavy atom. The van der Waals surface area contributed by atoms with Crippen molar-refractivity contribution in [3.05, 3.63) is 35.4 Å². The van der Waals surface area contributed by atoms with Gasteiger partial charge < -0.3 is 5.32 Å². The number of hydrogen-bond acceptors (Lipinski definition) is 1. The number of carbonyl (C=O) groups excluding carboxylic acids is 1. The molecule has 4 heteroatoms. The highest BCUT2D eigenvalue weighted by Crippen LogP contribution is 2.49. The molecule has 2 saturated carbocycles. The van der Waals surface area contributed by atoms with Crippen LogP contribution in [0.25, 0.3) is 0 Å². The number of nitrogens with one attached hydrogen (secondary N) is 1. The van der Waals surface area contributed by atoms with E-state index in [0.29, 0.717) is 11.8 Å². The van der Waals surface area contributed by atoms with E-state index in [2.05, 4.69) is 5.32 Å². The molecule has 108 valence electrons. The molecule has 1 amide bonds. The van der Waals surface area contributed by atoms with Gasteiger partial charge in [-0.3, -0.25) is 4.79 Å². The number of amides is 1. The van der Waals surface area contributed by atoms with Gasteiger partial charge in [-0.2, -0.15) is 0 Å². The smallest absolute Gasteiger partial charge is 0.251 e. The average molecular weight is 279 g/mol. The van der Waals surface area contributed by atoms with Crippen LogP contribution in [-0.2, 0) is 0 Å². The molecular formula is C16H19F2NO. The van der Waals surface area contributed by atoms with Gasteiger partial charge in [-0.05, 0) is 56.1 Å². The second-order valence-corrected chi connectivity index (χ2v) is 6.26. The summed E-state index contributed by atoms with van der Waals surface area (Å²) in [6.45, 7) is 2.00. The van der Waals surface area contributed by atoms with E-state index in [1.165, 1.54) is 25.7 Å². The Kier molecular flexibility index (Phi) is 3.48. The zero-order valence-electron chi connectivity index (χ0n) is 11.5. The van der Waals surface area contributed by atoms with Crippen molar-refractivity contribution in [3.63, 3.8) is 0 Å². The van der Waals surface area contributed by atoms with E-state index >= 15 is 0 Å². The van der Waals surface area contributed by atoms with Gasteiger partial charge in [0.15, 0.2) is 0 Å². The molecule has 1 N–H and O–H groups in total. The van der Waals surface area contributed by atoms with Gasteiger partial charge in [0, 0.05) is 17.7 Å². The second kappa shape index (κ2) is 5.15. The van der Waals surface area contributed by atoms with Gasteiger partial charge >= 0.3 is 0 Å². The summed E-state index contributed by atoms with van der Waals surface area (Å²) in [6, 6.07) is 2.98. The van der Waals surface area contributed by atoms with Crippen LogP contribution in [0.4, 0.5) is 8.78 Å². The number of benzene rings is 1. The van der Waals surface area contributed by atoms with Gasteiger partial charge in [-0.1, -0.05) is 6.42 Å². The normalized spacial score (nSPS) is 29.4. The highest BCUT2D eigenvalue weighted by molar-refractivity contribution is 5.94. The first kappa shape index (κ1) is 13.5. The Balaban J connectivity index is 1.66. The Morgan fingerprint density at radius 2 is 1.90 bits per heavy atom. The van der Waals surface area contributed by atoms with Crippen molar-refractivity contribution in [2.45, 2.75) is 38.6 Å². The van der Waals surface area contributed by atoms with Crippen molar-refractivity contribution in [3.8, 4) is 0 Å². The van der Waals surface area contributed by atoms with E-state index < -0.39 is 17.5 Å². The lowest BCUT2D eigenvalue weighted by atomic mass is 9.84. The molecule has 2 aliphatic rings. The first-order valence-corrected chi connectivity index (χ1v) is 7.30. The monoisotopic (exact) mass is 279 g/mol. The summed E-state index contributed by atoms with van der Waals surface area (Å²) in [4.78, 5) is 12.1. The molecule has 0 aliphatic heterocycles. The molecule has 0 saturated heterocycles. The van der Waals surface area contributed by atoms with Crippen molar-refractivity contribution in [2.75, 3.05) is 0 Å². The predicted octanol–water partition coefficient (Wildman–Crippen LogP) is 3.52. The van der Waals surface area contributed by atoms with Crippen molar-refractivity contribution in [2.24, 2.45) is 17.8 Å². The maximum atomic E-state index is 13.1. The van der Waals surface area contributed by atoms with Crippen LogP contribution >= 0.6 is 0 Å². The first-order valence-electron chi connectivity index (χ1n) is 7.30. The molecule has 3 rings (SSSR count). The van der Waals surface area contributed by atoms with Crippen LogP contribution in [-0.4, -0.2) is 11.9 Å². The quantitative estimate of drug-likeness (QED) is 0.901. The fourth-order valence-electron chi connectivity index (χ4n) is 3.99. The molecule has 0 aromatic heterocycles. The number of rotatable bonds is 3. The summed E-state index contributed by atoms with van der Waals surface area (Å²) in [5.41, 5.74) is 0.0532. The van der Waals surface area contributed by atoms with Crippen LogP contribution in [0.3, 0.4) is 0 Å². The minimum atomic E-state index is -0.720. The topological polar surface area (TPSA) is 29.1 Å². The lowest BCUT2D eigenvalue weighted by Gasteiger charge is -2.28. The minimum absolute atomic E-state index is 0.0532. The summed E-state index contributed by atoms with van der Waals surface area (Å²) in [6.07, 6.45) is 5.02. The van der Waals surface area contributed by atoms with Gasteiger partial charge in [0.1, 0.15) is 11.6 Å². The van der Waals surface area contributed by atoms with Crippen LogP contribution < -0.4 is 5.32 Å². The highest BCUT2D eigenvalue weighted by atomic mass is 19.1. The number of carbonyl (C=O) groups is 1. The molecule has 2 fully saturated rings. The van der Waals surface area contributed by atoms with E-state index in [0.717, 1.165) is 24.1 Å². The van der Waals surface area contributed by atoms with Crippen molar-refractivity contribution >= 4 is 5.91 Å². The van der Waals surface area contributed by atoms with Crippen molar-refractivity contribution in [1.82, 2.24) is 5.32 Å². The van der Waals surface area contributed by atoms with Crippen LogP contribution in [0.2, 0.25) is 0 Å². The van der Waals surface area contributed by atoms with E-state index in [1.54, 1.807) is 0 Å². The molecule has 0 unspecified atom stereocenters. The summed E-state index contributed by atoms with van der Waals surface area (Å²) < 4.78 is 26.3. The Hall–Kier alpha value is -1.45. The molecule has 2 nitrogen and oxygen atoms in total. The van der Waals surface area contributed by atoms with Crippen molar-refractivity contribution < 1.29 is 13.6 Å². The van der Waals surface area contributed by atoms with Crippen LogP contribution in [0.5, 0.6) is 0 Å². The summed E-state index contributed by atoms with van der Waals surface area (Å²) >= 11 is 0. The van der Waals surface area contributed by atoms with E-state index in [1.807, 2.05) is 6.92 Å². The van der Waals surface area contributed by atoms with Crippen LogP contribution in [0.1, 0.15) is 43.0 Å². The number of halogens is 2. The van der Waals surface area contributed by atoms with Crippen LogP contribution in [0.15, 0.2) is 18.2 Å². The number of hydrogen-bond donors (Lipinski definition) is 1. The molecule has 2 bridgehead atoms. The van der Waals surface area contributed by atoms with Crippen LogP contribution in [0, 0.1) is 29.4 Å². The maximum absolute atomic E-state index is 13.1. The van der Waals surface area contributed by atoms with Gasteiger partial charge in [0.25, 0.3) is 5.91 Å². The lowest BCUT2D eigenvalue weighted by Crippen LogP contribution is -2.40. The molecule has 4 atom stereocenters. The summed E-state index contributed by atoms with van der Waals surface area (Å²) in [7, 11) is 0. The predicted molar refractivity (Wildman–Crippen MR) is 72.2 cm³/mol. The average Bonchev–Trinajstić information content (AvgIpc) is 2.99. The standard InChI is InChI=1S/C16H19F2NO/c1-9(15-5-10-2-3-11(15)4-10)19-16(20)12-6-13(17)8-14(18)7-12/h6-11,15H,2-5H2,1H3,(H,19,20)/t9-,10+,11+,15+/m1/s1. The van der Waals surface area contributed by atoms with Gasteiger partial charge in [0.05, 0.1) is 0 Å². The Labute approximate surface area is 117 Å². The minimum Gasteiger partial charge on any atom is -0.349 e. The molecule has 1 aromatic rings. The largest absolute Gasteiger partial charge is 0.349 e. The molecule has 0 radical (unpaired) electrons. The second-order valence-electron chi connectivity index (χ2n) is 6.26. The molecule has 1 aromatic carbocycles. The lowest BCUT2D eigenvalue weighted by molar-refractivity contribution is 0.0914. The van der Waals surface area contributed by atoms with Crippen molar-refractivity contribution in [1.29, 1.82) is 0 Å². The van der Waals surface area contributed by atoms with E-state index in [-0.39, 0.29) is 11.6 Å². The van der Waals surface area contributed by atoms with Gasteiger partial charge in [-0.15, -0.1) is 0 Å². The zero-order chi connectivity index (χ0) is 14.3. The first-order chi connectivity index (χ1) is 9.52. The molecule has 0 heterocycles. The SMILES string of the molecule is C[C@@H](NC(=O)c1cc(F)cc(F)c1)[C@@H]1C[C@H]2CC[C@H]1C2. The molecule has 20 heavy (non-hydrogen) atoms. The van der Waals surface area contributed by atoms with Gasteiger partial charge in [0.2, 0.25) is 0 Å². The van der Waals surface area contributed by atoms with E-state index in [4.69, 9.17) is 0 Å². The Bertz CT molecular complexity index is 511. The molecular weight excluding hydrogens is 260 g/mol. The molecule has 0 spiro atoms. The summed E-state index contributed by atoms with van der Waals surface area (Å²) in [5, 5.41) is 2.91. The summed E-state index contributed by atoms with van der Waals surface area (Å²) in [5.74, 6) is 0.204. The van der Waals surface area contributed by atoms with E-state index in [9.17, 15) is 13.6 Å². The third-order valence-electron chi connectivity index (χ3n) is 4.92. The maximum Gasteiger partial charge on any atom is 0.251 e. The highest BCUT2D eigenvalue weighted by Gasteiger charge is 2.42. The fraction of sp³-hybridized carbons (Fsp3) is 0.562. The third kappa shape index (κ3) is 2.56. The third-order valence-corrected chi connectivity index (χ3v) is 4.92. The molecule has 2 aliphatic carbocycles. The fourth-order valence-corrected chi connectivity index (χ4v) is 3.99. The Morgan fingerprint density at radius 3 is 2.45 bits per heavy atom.